The van der Waals surface area contributed by atoms with E-state index in [1.54, 1.807) is 32.0 Å². The van der Waals surface area contributed by atoms with Gasteiger partial charge in [-0.2, -0.15) is 0 Å². The van der Waals surface area contributed by atoms with Crippen molar-refractivity contribution >= 4 is 29.7 Å². The molecule has 0 fully saturated rings. The molecule has 182 valence electrons. The van der Waals surface area contributed by atoms with Crippen LogP contribution in [0.25, 0.3) is 0 Å². The van der Waals surface area contributed by atoms with Crippen LogP contribution in [0.3, 0.4) is 0 Å². The van der Waals surface area contributed by atoms with Gasteiger partial charge in [0.2, 0.25) is 10.8 Å². The summed E-state index contributed by atoms with van der Waals surface area (Å²) in [7, 11) is 0. The number of ketones is 1. The molecule has 1 aliphatic carbocycles. The van der Waals surface area contributed by atoms with Crippen molar-refractivity contribution in [1.82, 2.24) is 0 Å². The van der Waals surface area contributed by atoms with E-state index < -0.39 is 52.7 Å². The summed E-state index contributed by atoms with van der Waals surface area (Å²) < 4.78 is 10.6. The number of benzene rings is 1. The van der Waals surface area contributed by atoms with Gasteiger partial charge in [-0.1, -0.05) is 56.3 Å². The maximum absolute atomic E-state index is 13.5. The molecule has 1 aliphatic rings. The Bertz CT molecular complexity index is 998. The Labute approximate surface area is 197 Å². The quantitative estimate of drug-likeness (QED) is 0.298. The second kappa shape index (κ2) is 10.5. The molecule has 0 radical (unpaired) electrons. The summed E-state index contributed by atoms with van der Waals surface area (Å²) in [6.45, 7) is 6.38. The zero-order chi connectivity index (χ0) is 25.7. The number of rotatable bonds is 10. The lowest BCUT2D eigenvalue weighted by Gasteiger charge is -2.40. The third kappa shape index (κ3) is 4.50. The van der Waals surface area contributed by atoms with Crippen molar-refractivity contribution in [2.75, 3.05) is 0 Å². The van der Waals surface area contributed by atoms with E-state index in [-0.39, 0.29) is 11.1 Å². The van der Waals surface area contributed by atoms with E-state index in [0.717, 1.165) is 12.2 Å². The van der Waals surface area contributed by atoms with Crippen LogP contribution in [0.1, 0.15) is 50.9 Å². The highest BCUT2D eigenvalue weighted by atomic mass is 16.6. The molecule has 1 aromatic carbocycles. The fourth-order valence-corrected chi connectivity index (χ4v) is 3.45. The zero-order valence-corrected chi connectivity index (χ0v) is 19.4. The van der Waals surface area contributed by atoms with Crippen LogP contribution in [0.2, 0.25) is 0 Å². The molecule has 2 N–H and O–H groups in total. The van der Waals surface area contributed by atoms with Gasteiger partial charge in [-0.25, -0.2) is 0 Å². The maximum atomic E-state index is 13.5. The molecular weight excluding hydrogens is 444 g/mol. The van der Waals surface area contributed by atoms with E-state index >= 15 is 0 Å². The second-order valence-electron chi connectivity index (χ2n) is 8.10. The molecule has 34 heavy (non-hydrogen) atoms. The van der Waals surface area contributed by atoms with Gasteiger partial charge in [0.1, 0.15) is 0 Å². The number of allylic oxidation sites excluding steroid dienone is 2. The average Bonchev–Trinajstić information content (AvgIpc) is 2.82. The zero-order valence-electron chi connectivity index (χ0n) is 19.4. The van der Waals surface area contributed by atoms with Gasteiger partial charge >= 0.3 is 23.9 Å². The summed E-state index contributed by atoms with van der Waals surface area (Å²) in [5.41, 5.74) is -6.16. The summed E-state index contributed by atoms with van der Waals surface area (Å²) >= 11 is 0. The number of esters is 2. The predicted molar refractivity (Wildman–Crippen MR) is 120 cm³/mol. The van der Waals surface area contributed by atoms with Crippen LogP contribution in [0.15, 0.2) is 54.1 Å². The summed E-state index contributed by atoms with van der Waals surface area (Å²) in [5.74, 6) is -7.47. The lowest BCUT2D eigenvalue weighted by atomic mass is 9.59. The standard InChI is InChI=1S/C25H28O9/c1-5-15(3)33-22(31)25(23(32)34-16(4)6-2)14-18(19(26)17-10-8-7-9-11-17)12-13-24(25,20(27)28)21(29)30/h7-16H,5-6H2,1-4H3,(H,27,28)(H,29,30). The van der Waals surface area contributed by atoms with Crippen molar-refractivity contribution in [2.24, 2.45) is 10.8 Å². The number of carbonyl (C=O) groups excluding carboxylic acids is 3. The van der Waals surface area contributed by atoms with E-state index in [2.05, 4.69) is 0 Å². The van der Waals surface area contributed by atoms with E-state index in [1.165, 1.54) is 26.0 Å². The van der Waals surface area contributed by atoms with Gasteiger partial charge in [-0.05, 0) is 32.8 Å². The van der Waals surface area contributed by atoms with Crippen molar-refractivity contribution in [3.63, 3.8) is 0 Å². The first-order valence-corrected chi connectivity index (χ1v) is 10.9. The Kier molecular flexibility index (Phi) is 8.15. The first-order chi connectivity index (χ1) is 16.0. The Hall–Kier alpha value is -3.75. The number of hydrogen-bond acceptors (Lipinski definition) is 7. The molecule has 2 rings (SSSR count). The van der Waals surface area contributed by atoms with Gasteiger partial charge in [0.15, 0.2) is 5.78 Å². The van der Waals surface area contributed by atoms with Gasteiger partial charge in [0.25, 0.3) is 0 Å². The van der Waals surface area contributed by atoms with Crippen molar-refractivity contribution in [3.8, 4) is 0 Å². The molecule has 1 aromatic rings. The Morgan fingerprint density at radius 3 is 1.71 bits per heavy atom. The van der Waals surface area contributed by atoms with Crippen molar-refractivity contribution in [1.29, 1.82) is 0 Å². The number of carboxylic acids is 2. The smallest absolute Gasteiger partial charge is 0.329 e. The van der Waals surface area contributed by atoms with E-state index in [9.17, 15) is 34.2 Å². The van der Waals surface area contributed by atoms with Crippen molar-refractivity contribution < 1.29 is 43.7 Å². The summed E-state index contributed by atoms with van der Waals surface area (Å²) in [4.78, 5) is 65.0. The summed E-state index contributed by atoms with van der Waals surface area (Å²) in [5, 5.41) is 20.1. The molecule has 9 heteroatoms. The minimum Gasteiger partial charge on any atom is -0.480 e. The highest BCUT2D eigenvalue weighted by Crippen LogP contribution is 2.49. The topological polar surface area (TPSA) is 144 Å². The number of carbonyl (C=O) groups is 5. The molecule has 0 heterocycles. The molecule has 0 amide bonds. The van der Waals surface area contributed by atoms with Gasteiger partial charge in [-0.15, -0.1) is 0 Å². The highest BCUT2D eigenvalue weighted by Gasteiger charge is 2.72. The highest BCUT2D eigenvalue weighted by molar-refractivity contribution is 6.20. The predicted octanol–water partition coefficient (Wildman–Crippen LogP) is 3.19. The Balaban J connectivity index is 2.87. The Morgan fingerprint density at radius 1 is 0.824 bits per heavy atom. The van der Waals surface area contributed by atoms with E-state index in [0.29, 0.717) is 18.9 Å². The maximum Gasteiger partial charge on any atom is 0.329 e. The first kappa shape index (κ1) is 26.5. The van der Waals surface area contributed by atoms with E-state index in [4.69, 9.17) is 9.47 Å². The van der Waals surface area contributed by atoms with Gasteiger partial charge < -0.3 is 19.7 Å². The molecule has 0 spiro atoms. The number of hydrogen-bond donors (Lipinski definition) is 2. The minimum absolute atomic E-state index is 0.191. The lowest BCUT2D eigenvalue weighted by Crippen LogP contribution is -2.62. The molecule has 0 saturated heterocycles. The van der Waals surface area contributed by atoms with Crippen LogP contribution in [-0.4, -0.2) is 52.1 Å². The van der Waals surface area contributed by atoms with Gasteiger partial charge in [0.05, 0.1) is 12.2 Å². The summed E-state index contributed by atoms with van der Waals surface area (Å²) in [6.07, 6.45) is 1.50. The Morgan fingerprint density at radius 2 is 1.29 bits per heavy atom. The second-order valence-corrected chi connectivity index (χ2v) is 8.10. The van der Waals surface area contributed by atoms with Crippen LogP contribution in [0, 0.1) is 10.8 Å². The van der Waals surface area contributed by atoms with Crippen LogP contribution in [-0.2, 0) is 28.7 Å². The number of ether oxygens (including phenoxy) is 2. The van der Waals surface area contributed by atoms with Crippen LogP contribution in [0.5, 0.6) is 0 Å². The average molecular weight is 472 g/mol. The van der Waals surface area contributed by atoms with Crippen LogP contribution >= 0.6 is 0 Å². The van der Waals surface area contributed by atoms with Gasteiger partial charge in [-0.3, -0.25) is 24.0 Å². The van der Waals surface area contributed by atoms with Crippen LogP contribution in [0.4, 0.5) is 0 Å². The van der Waals surface area contributed by atoms with Crippen molar-refractivity contribution in [2.45, 2.75) is 52.7 Å². The third-order valence-electron chi connectivity index (χ3n) is 5.89. The van der Waals surface area contributed by atoms with Gasteiger partial charge in [0, 0.05) is 11.1 Å². The molecule has 0 saturated carbocycles. The number of aliphatic carboxylic acids is 2. The monoisotopic (exact) mass is 472 g/mol. The molecule has 0 aliphatic heterocycles. The lowest BCUT2D eigenvalue weighted by molar-refractivity contribution is -0.194. The molecule has 9 nitrogen and oxygen atoms in total. The normalized spacial score (nSPS) is 20.4. The SMILES string of the molecule is CCC(C)OC(=O)C1(C(=O)OC(C)CC)C=C(C(=O)c2ccccc2)C=CC1(C(=O)O)C(=O)O. The van der Waals surface area contributed by atoms with E-state index in [1.807, 2.05) is 0 Å². The largest absolute Gasteiger partial charge is 0.480 e. The molecular formula is C25H28O9. The summed E-state index contributed by atoms with van der Waals surface area (Å²) in [6, 6.07) is 7.86. The minimum atomic E-state index is -3.11. The fourth-order valence-electron chi connectivity index (χ4n) is 3.45. The molecule has 2 unspecified atom stereocenters. The molecule has 0 bridgehead atoms. The molecule has 0 aromatic heterocycles. The van der Waals surface area contributed by atoms with Crippen LogP contribution < -0.4 is 0 Å². The van der Waals surface area contributed by atoms with Crippen molar-refractivity contribution in [3.05, 3.63) is 59.7 Å². The first-order valence-electron chi connectivity index (χ1n) is 10.9. The fraction of sp³-hybridized carbons (Fsp3) is 0.400. The third-order valence-corrected chi connectivity index (χ3v) is 5.89. The number of carboxylic acid groups (broad SMARTS) is 2. The molecule has 2 atom stereocenters. The number of Topliss-reactive ketones (excluding diaryl/α,β-unsaturated/α-hetero) is 1.